The molecule has 0 atom stereocenters. The second-order valence-electron chi connectivity index (χ2n) is 5.52. The third-order valence-corrected chi connectivity index (χ3v) is 3.63. The number of benzene rings is 1. The summed E-state index contributed by atoms with van der Waals surface area (Å²) in [6.45, 7) is 3.70. The number of nitrogens with zero attached hydrogens (tertiary/aromatic N) is 2. The molecule has 0 fully saturated rings. The van der Waals surface area contributed by atoms with Gasteiger partial charge in [0.1, 0.15) is 11.3 Å². The van der Waals surface area contributed by atoms with Crippen LogP contribution in [0.3, 0.4) is 0 Å². The Hall–Kier alpha value is -2.95. The number of nitrogens with one attached hydrogen (secondary N) is 1. The number of anilines is 1. The van der Waals surface area contributed by atoms with Crippen molar-refractivity contribution >= 4 is 17.2 Å². The van der Waals surface area contributed by atoms with Gasteiger partial charge in [0.25, 0.3) is 5.56 Å². The highest BCUT2D eigenvalue weighted by Gasteiger charge is 2.13. The Morgan fingerprint density at radius 1 is 1.17 bits per heavy atom. The zero-order valence-corrected chi connectivity index (χ0v) is 13.0. The maximum atomic E-state index is 12.5. The van der Waals surface area contributed by atoms with Gasteiger partial charge in [-0.05, 0) is 31.5 Å². The average molecular weight is 307 g/mol. The van der Waals surface area contributed by atoms with Gasteiger partial charge in [-0.3, -0.25) is 14.0 Å². The Bertz CT molecular complexity index is 944. The molecule has 0 bridgehead atoms. The third-order valence-electron chi connectivity index (χ3n) is 3.63. The van der Waals surface area contributed by atoms with Crippen LogP contribution < -0.4 is 10.9 Å². The van der Waals surface area contributed by atoms with E-state index in [9.17, 15) is 9.59 Å². The molecule has 1 amide bonds. The van der Waals surface area contributed by atoms with Crippen LogP contribution in [0.4, 0.5) is 5.69 Å². The van der Waals surface area contributed by atoms with Gasteiger partial charge in [-0.2, -0.15) is 0 Å². The lowest BCUT2D eigenvalue weighted by Gasteiger charge is -2.09. The largest absolute Gasteiger partial charge is 0.320 e. The van der Waals surface area contributed by atoms with Crippen molar-refractivity contribution in [1.82, 2.24) is 9.38 Å². The smallest absolute Gasteiger partial charge is 0.281 e. The number of hydrogen-bond acceptors (Lipinski definition) is 3. The van der Waals surface area contributed by atoms with Crippen molar-refractivity contribution < 1.29 is 4.79 Å². The molecule has 0 saturated heterocycles. The van der Waals surface area contributed by atoms with Crippen molar-refractivity contribution in [2.45, 2.75) is 20.3 Å². The minimum absolute atomic E-state index is 0.220. The van der Waals surface area contributed by atoms with Gasteiger partial charge in [-0.1, -0.05) is 35.9 Å². The first kappa shape index (κ1) is 15.0. The summed E-state index contributed by atoms with van der Waals surface area (Å²) in [5.74, 6) is -0.228. The average Bonchev–Trinajstić information content (AvgIpc) is 2.51. The summed E-state index contributed by atoms with van der Waals surface area (Å²) >= 11 is 0. The van der Waals surface area contributed by atoms with E-state index >= 15 is 0 Å². The Kier molecular flexibility index (Phi) is 3.93. The Morgan fingerprint density at radius 2 is 2.00 bits per heavy atom. The highest BCUT2D eigenvalue weighted by atomic mass is 16.2. The van der Waals surface area contributed by atoms with Crippen LogP contribution in [-0.4, -0.2) is 15.3 Å². The van der Waals surface area contributed by atoms with Gasteiger partial charge < -0.3 is 5.32 Å². The molecule has 0 aliphatic heterocycles. The van der Waals surface area contributed by atoms with Crippen molar-refractivity contribution in [3.8, 4) is 0 Å². The van der Waals surface area contributed by atoms with Gasteiger partial charge in [0.15, 0.2) is 0 Å². The van der Waals surface area contributed by atoms with Gasteiger partial charge in [-0.15, -0.1) is 0 Å². The van der Waals surface area contributed by atoms with E-state index in [1.165, 1.54) is 4.40 Å². The number of rotatable bonds is 3. The van der Waals surface area contributed by atoms with E-state index in [1.807, 2.05) is 37.3 Å². The van der Waals surface area contributed by atoms with Gasteiger partial charge in [0, 0.05) is 6.20 Å². The van der Waals surface area contributed by atoms with Crippen molar-refractivity contribution in [2.75, 3.05) is 5.32 Å². The molecule has 0 saturated carbocycles. The number of pyridine rings is 1. The minimum Gasteiger partial charge on any atom is -0.320 e. The molecule has 3 rings (SSSR count). The van der Waals surface area contributed by atoms with Gasteiger partial charge in [-0.25, -0.2) is 4.98 Å². The van der Waals surface area contributed by atoms with E-state index in [-0.39, 0.29) is 23.6 Å². The molecular formula is C18H17N3O2. The molecule has 0 unspecified atom stereocenters. The first-order valence-corrected chi connectivity index (χ1v) is 7.38. The topological polar surface area (TPSA) is 63.5 Å². The zero-order valence-electron chi connectivity index (χ0n) is 13.0. The molecule has 1 aromatic carbocycles. The monoisotopic (exact) mass is 307 g/mol. The standard InChI is InChI=1S/C18H17N3O2/c1-12-6-5-7-14(10-12)11-16(22)20-17-13(2)19-15-8-3-4-9-21(15)18(17)23/h3-10H,11H2,1-2H3,(H,20,22). The van der Waals surface area contributed by atoms with Gasteiger partial charge in [0.05, 0.1) is 12.1 Å². The maximum Gasteiger partial charge on any atom is 0.281 e. The predicted molar refractivity (Wildman–Crippen MR) is 89.7 cm³/mol. The fourth-order valence-corrected chi connectivity index (χ4v) is 2.53. The normalized spacial score (nSPS) is 10.7. The first-order valence-electron chi connectivity index (χ1n) is 7.38. The summed E-state index contributed by atoms with van der Waals surface area (Å²) in [5, 5.41) is 2.70. The summed E-state index contributed by atoms with van der Waals surface area (Å²) in [4.78, 5) is 29.1. The van der Waals surface area contributed by atoms with Gasteiger partial charge in [0.2, 0.25) is 5.91 Å². The van der Waals surface area contributed by atoms with Crippen molar-refractivity contribution in [2.24, 2.45) is 0 Å². The maximum absolute atomic E-state index is 12.5. The minimum atomic E-state index is -0.273. The lowest BCUT2D eigenvalue weighted by atomic mass is 10.1. The summed E-state index contributed by atoms with van der Waals surface area (Å²) in [5.41, 5.74) is 3.04. The van der Waals surface area contributed by atoms with E-state index in [0.717, 1.165) is 11.1 Å². The molecular weight excluding hydrogens is 290 g/mol. The Balaban J connectivity index is 1.89. The number of carbonyl (C=O) groups excluding carboxylic acids is 1. The van der Waals surface area contributed by atoms with Crippen molar-refractivity contribution in [3.05, 3.63) is 75.8 Å². The van der Waals surface area contributed by atoms with Crippen LogP contribution in [0.1, 0.15) is 16.8 Å². The zero-order chi connectivity index (χ0) is 16.4. The Labute approximate surface area is 133 Å². The molecule has 1 N–H and O–H groups in total. The second-order valence-corrected chi connectivity index (χ2v) is 5.52. The molecule has 0 radical (unpaired) electrons. The van der Waals surface area contributed by atoms with Crippen LogP contribution in [0, 0.1) is 13.8 Å². The number of carbonyl (C=O) groups is 1. The molecule has 0 aliphatic carbocycles. The lowest BCUT2D eigenvalue weighted by Crippen LogP contribution is -2.25. The van der Waals surface area contributed by atoms with Crippen LogP contribution in [0.15, 0.2) is 53.5 Å². The molecule has 5 nitrogen and oxygen atoms in total. The van der Waals surface area contributed by atoms with Crippen molar-refractivity contribution in [1.29, 1.82) is 0 Å². The quantitative estimate of drug-likeness (QED) is 0.808. The number of amides is 1. The third kappa shape index (κ3) is 3.13. The summed E-state index contributed by atoms with van der Waals surface area (Å²) < 4.78 is 1.43. The predicted octanol–water partition coefficient (Wildman–Crippen LogP) is 2.49. The molecule has 23 heavy (non-hydrogen) atoms. The lowest BCUT2D eigenvalue weighted by molar-refractivity contribution is -0.115. The summed E-state index contributed by atoms with van der Waals surface area (Å²) in [6.07, 6.45) is 1.86. The summed E-state index contributed by atoms with van der Waals surface area (Å²) in [7, 11) is 0. The molecule has 5 heteroatoms. The van der Waals surface area contributed by atoms with Crippen LogP contribution in [0.2, 0.25) is 0 Å². The first-order chi connectivity index (χ1) is 11.0. The highest BCUT2D eigenvalue weighted by Crippen LogP contribution is 2.10. The van der Waals surface area contributed by atoms with Crippen molar-refractivity contribution in [3.63, 3.8) is 0 Å². The van der Waals surface area contributed by atoms with E-state index in [0.29, 0.717) is 11.3 Å². The molecule has 0 aliphatic rings. The van der Waals surface area contributed by atoms with Crippen LogP contribution in [0.5, 0.6) is 0 Å². The number of fused-ring (bicyclic) bond motifs is 1. The second kappa shape index (κ2) is 6.04. The van der Waals surface area contributed by atoms with E-state index < -0.39 is 0 Å². The molecule has 2 heterocycles. The van der Waals surface area contributed by atoms with Crippen LogP contribution in [0.25, 0.3) is 5.65 Å². The molecule has 116 valence electrons. The highest BCUT2D eigenvalue weighted by molar-refractivity contribution is 5.92. The molecule has 2 aromatic heterocycles. The van der Waals surface area contributed by atoms with Crippen LogP contribution in [-0.2, 0) is 11.2 Å². The van der Waals surface area contributed by atoms with E-state index in [4.69, 9.17) is 0 Å². The van der Waals surface area contributed by atoms with E-state index in [1.54, 1.807) is 25.3 Å². The Morgan fingerprint density at radius 3 is 2.78 bits per heavy atom. The van der Waals surface area contributed by atoms with Crippen LogP contribution >= 0.6 is 0 Å². The molecule has 3 aromatic rings. The fraction of sp³-hybridized carbons (Fsp3) is 0.167. The number of aromatic nitrogens is 2. The fourth-order valence-electron chi connectivity index (χ4n) is 2.53. The van der Waals surface area contributed by atoms with E-state index in [2.05, 4.69) is 10.3 Å². The molecule has 0 spiro atoms. The summed E-state index contributed by atoms with van der Waals surface area (Å²) in [6, 6.07) is 13.1. The number of hydrogen-bond donors (Lipinski definition) is 1. The SMILES string of the molecule is Cc1cccc(CC(=O)Nc2c(C)nc3ccccn3c2=O)c1. The number of aryl methyl sites for hydroxylation is 2. The van der Waals surface area contributed by atoms with Gasteiger partial charge >= 0.3 is 0 Å².